The maximum atomic E-state index is 11.4. The molecule has 0 aliphatic rings. The Kier molecular flexibility index (Phi) is 6.05. The summed E-state index contributed by atoms with van der Waals surface area (Å²) >= 11 is 0. The van der Waals surface area contributed by atoms with Crippen molar-refractivity contribution in [1.29, 1.82) is 0 Å². The molecule has 9 heteroatoms. The van der Waals surface area contributed by atoms with Crippen LogP contribution in [0.5, 0.6) is 0 Å². The van der Waals surface area contributed by atoms with Crippen LogP contribution in [0.4, 0.5) is 5.82 Å². The summed E-state index contributed by atoms with van der Waals surface area (Å²) in [6.45, 7) is -0.390. The summed E-state index contributed by atoms with van der Waals surface area (Å²) in [6, 6.07) is 2.91. The van der Waals surface area contributed by atoms with E-state index >= 15 is 0 Å². The Labute approximate surface area is 121 Å². The highest BCUT2D eigenvalue weighted by Gasteiger charge is 2.18. The fraction of sp³-hybridized carbons (Fsp3) is 0.417. The Bertz CT molecular complexity index is 499. The molecule has 1 heterocycles. The number of esters is 2. The van der Waals surface area contributed by atoms with Crippen molar-refractivity contribution in [2.45, 2.75) is 0 Å². The van der Waals surface area contributed by atoms with Gasteiger partial charge < -0.3 is 19.7 Å². The molecule has 9 nitrogen and oxygen atoms in total. The third-order valence-corrected chi connectivity index (χ3v) is 2.53. The number of nitrogens with zero attached hydrogens (tertiary/aromatic N) is 3. The number of methoxy groups -OCH3 is 2. The van der Waals surface area contributed by atoms with Gasteiger partial charge in [-0.05, 0) is 12.1 Å². The third kappa shape index (κ3) is 4.71. The maximum absolute atomic E-state index is 11.4. The van der Waals surface area contributed by atoms with E-state index in [1.54, 1.807) is 0 Å². The van der Waals surface area contributed by atoms with Gasteiger partial charge in [-0.25, -0.2) is 0 Å². The van der Waals surface area contributed by atoms with E-state index in [2.05, 4.69) is 25.0 Å². The van der Waals surface area contributed by atoms with Crippen molar-refractivity contribution in [1.82, 2.24) is 15.5 Å². The first kappa shape index (κ1) is 16.3. The molecule has 0 aromatic carbocycles. The molecular formula is C12H16N4O5. The Morgan fingerprint density at radius 1 is 1.10 bits per heavy atom. The molecule has 0 unspecified atom stereocenters. The number of hydrogen-bond donors (Lipinski definition) is 1. The smallest absolute Gasteiger partial charge is 0.325 e. The zero-order chi connectivity index (χ0) is 15.8. The molecule has 0 saturated carbocycles. The van der Waals surface area contributed by atoms with E-state index in [1.165, 1.54) is 38.3 Å². The molecule has 0 radical (unpaired) electrons. The van der Waals surface area contributed by atoms with Crippen molar-refractivity contribution in [3.05, 3.63) is 17.8 Å². The van der Waals surface area contributed by atoms with Crippen molar-refractivity contribution in [3.63, 3.8) is 0 Å². The average Bonchev–Trinajstić information content (AvgIpc) is 2.53. The highest BCUT2D eigenvalue weighted by molar-refractivity contribution is 5.92. The van der Waals surface area contributed by atoms with Gasteiger partial charge in [0, 0.05) is 7.05 Å². The predicted octanol–water partition coefficient (Wildman–Crippen LogP) is -1.01. The van der Waals surface area contributed by atoms with Crippen molar-refractivity contribution in [3.8, 4) is 0 Å². The van der Waals surface area contributed by atoms with Crippen molar-refractivity contribution in [2.75, 3.05) is 39.3 Å². The summed E-state index contributed by atoms with van der Waals surface area (Å²) in [4.78, 5) is 35.4. The normalized spacial score (nSPS) is 9.67. The van der Waals surface area contributed by atoms with Crippen LogP contribution in [0.3, 0.4) is 0 Å². The molecule has 1 aromatic rings. The molecule has 1 aromatic heterocycles. The van der Waals surface area contributed by atoms with Gasteiger partial charge in [-0.1, -0.05) is 0 Å². The monoisotopic (exact) mass is 296 g/mol. The van der Waals surface area contributed by atoms with E-state index in [0.29, 0.717) is 0 Å². The van der Waals surface area contributed by atoms with E-state index in [4.69, 9.17) is 0 Å². The van der Waals surface area contributed by atoms with Gasteiger partial charge in [0.2, 0.25) is 0 Å². The van der Waals surface area contributed by atoms with Crippen LogP contribution < -0.4 is 10.2 Å². The number of aromatic nitrogens is 2. The van der Waals surface area contributed by atoms with Gasteiger partial charge in [0.25, 0.3) is 5.91 Å². The van der Waals surface area contributed by atoms with Gasteiger partial charge in [0.05, 0.1) is 14.2 Å². The van der Waals surface area contributed by atoms with Crippen molar-refractivity contribution in [2.24, 2.45) is 0 Å². The van der Waals surface area contributed by atoms with E-state index in [0.717, 1.165) is 0 Å². The van der Waals surface area contributed by atoms with Crippen LogP contribution in [-0.4, -0.2) is 62.4 Å². The first-order valence-electron chi connectivity index (χ1n) is 5.96. The first-order valence-corrected chi connectivity index (χ1v) is 5.96. The molecule has 21 heavy (non-hydrogen) atoms. The number of carbonyl (C=O) groups excluding carboxylic acids is 3. The maximum Gasteiger partial charge on any atom is 0.325 e. The van der Waals surface area contributed by atoms with Crippen LogP contribution in [0, 0.1) is 0 Å². The average molecular weight is 296 g/mol. The minimum atomic E-state index is -0.545. The minimum Gasteiger partial charge on any atom is -0.468 e. The lowest BCUT2D eigenvalue weighted by atomic mass is 10.3. The molecule has 0 fully saturated rings. The lowest BCUT2D eigenvalue weighted by molar-refractivity contribution is -0.140. The fourth-order valence-corrected chi connectivity index (χ4v) is 1.40. The Morgan fingerprint density at radius 2 is 1.67 bits per heavy atom. The minimum absolute atomic E-state index is 0.123. The van der Waals surface area contributed by atoms with Crippen LogP contribution in [-0.2, 0) is 19.1 Å². The van der Waals surface area contributed by atoms with Gasteiger partial charge in [0.15, 0.2) is 11.5 Å². The molecule has 0 spiro atoms. The lowest BCUT2D eigenvalue weighted by Gasteiger charge is -2.20. The second-order valence-electron chi connectivity index (χ2n) is 3.86. The number of carbonyl (C=O) groups is 3. The van der Waals surface area contributed by atoms with E-state index in [1.807, 2.05) is 0 Å². The highest BCUT2D eigenvalue weighted by Crippen LogP contribution is 2.10. The third-order valence-electron chi connectivity index (χ3n) is 2.53. The first-order chi connectivity index (χ1) is 10.0. The molecule has 1 N–H and O–H groups in total. The van der Waals surface area contributed by atoms with Crippen LogP contribution >= 0.6 is 0 Å². The zero-order valence-corrected chi connectivity index (χ0v) is 12.0. The van der Waals surface area contributed by atoms with Crippen LogP contribution in [0.1, 0.15) is 10.5 Å². The summed E-state index contributed by atoms with van der Waals surface area (Å²) in [5, 5.41) is 9.96. The van der Waals surface area contributed by atoms with Gasteiger partial charge in [-0.3, -0.25) is 14.4 Å². The highest BCUT2D eigenvalue weighted by atomic mass is 16.5. The number of nitrogens with one attached hydrogen (secondary N) is 1. The number of ether oxygens (including phenoxy) is 2. The molecular weight excluding hydrogens is 280 g/mol. The molecule has 0 atom stereocenters. The molecule has 114 valence electrons. The standard InChI is InChI=1S/C12H16N4O5/c1-13-12(19)8-4-5-9(15-14-8)16(6-10(17)20-2)7-11(18)21-3/h4-5H,6-7H2,1-3H3,(H,13,19). The topological polar surface area (TPSA) is 111 Å². The quantitative estimate of drug-likeness (QED) is 0.665. The Hall–Kier alpha value is -2.71. The summed E-state index contributed by atoms with van der Waals surface area (Å²) in [6.07, 6.45) is 0. The SMILES string of the molecule is CNC(=O)c1ccc(N(CC(=O)OC)CC(=O)OC)nn1. The van der Waals surface area contributed by atoms with Crippen LogP contribution in [0.2, 0.25) is 0 Å². The molecule has 0 aliphatic heterocycles. The second-order valence-corrected chi connectivity index (χ2v) is 3.86. The Balaban J connectivity index is 2.93. The number of hydrogen-bond acceptors (Lipinski definition) is 8. The molecule has 1 amide bonds. The Morgan fingerprint density at radius 3 is 2.05 bits per heavy atom. The molecule has 1 rings (SSSR count). The van der Waals surface area contributed by atoms with Crippen LogP contribution in [0.25, 0.3) is 0 Å². The largest absolute Gasteiger partial charge is 0.468 e. The van der Waals surface area contributed by atoms with Gasteiger partial charge in [0.1, 0.15) is 13.1 Å². The summed E-state index contributed by atoms with van der Waals surface area (Å²) in [5.74, 6) is -1.23. The lowest BCUT2D eigenvalue weighted by Crippen LogP contribution is -2.36. The molecule has 0 saturated heterocycles. The van der Waals surface area contributed by atoms with E-state index in [9.17, 15) is 14.4 Å². The number of rotatable bonds is 6. The van der Waals surface area contributed by atoms with E-state index < -0.39 is 11.9 Å². The van der Waals surface area contributed by atoms with Gasteiger partial charge in [-0.15, -0.1) is 10.2 Å². The fourth-order valence-electron chi connectivity index (χ4n) is 1.40. The summed E-state index contributed by atoms with van der Waals surface area (Å²) in [7, 11) is 3.94. The summed E-state index contributed by atoms with van der Waals surface area (Å²) < 4.78 is 9.10. The van der Waals surface area contributed by atoms with Crippen molar-refractivity contribution >= 4 is 23.7 Å². The molecule has 0 bridgehead atoms. The van der Waals surface area contributed by atoms with E-state index in [-0.39, 0.29) is 30.5 Å². The van der Waals surface area contributed by atoms with Crippen molar-refractivity contribution < 1.29 is 23.9 Å². The second kappa shape index (κ2) is 7.78. The van der Waals surface area contributed by atoms with Crippen LogP contribution in [0.15, 0.2) is 12.1 Å². The molecule has 0 aliphatic carbocycles. The van der Waals surface area contributed by atoms with Gasteiger partial charge in [-0.2, -0.15) is 0 Å². The predicted molar refractivity (Wildman–Crippen MR) is 71.7 cm³/mol. The number of amides is 1. The number of anilines is 1. The zero-order valence-electron chi connectivity index (χ0n) is 12.0. The van der Waals surface area contributed by atoms with Gasteiger partial charge >= 0.3 is 11.9 Å². The summed E-state index contributed by atoms with van der Waals surface area (Å²) in [5.41, 5.74) is 0.123.